The third kappa shape index (κ3) is 4.59. The van der Waals surface area contributed by atoms with Crippen LogP contribution in [0.3, 0.4) is 0 Å². The smallest absolute Gasteiger partial charge is 0.161 e. The fraction of sp³-hybridized carbons (Fsp3) is 0. The minimum Gasteiger partial charge on any atom is -0.309 e. The molecule has 0 amide bonds. The van der Waals surface area contributed by atoms with Gasteiger partial charge in [0.1, 0.15) is 0 Å². The van der Waals surface area contributed by atoms with Crippen molar-refractivity contribution in [3.05, 3.63) is 182 Å². The van der Waals surface area contributed by atoms with Gasteiger partial charge in [0.25, 0.3) is 0 Å². The lowest BCUT2D eigenvalue weighted by Crippen LogP contribution is -2.15. The van der Waals surface area contributed by atoms with Gasteiger partial charge < -0.3 is 4.90 Å². The number of fused-ring (bicyclic) bond motifs is 5. The molecule has 11 rings (SSSR count). The van der Waals surface area contributed by atoms with Gasteiger partial charge in [-0.3, -0.25) is 4.98 Å². The van der Waals surface area contributed by atoms with Crippen molar-refractivity contribution >= 4 is 60.4 Å². The van der Waals surface area contributed by atoms with Crippen LogP contribution in [0.5, 0.6) is 0 Å². The summed E-state index contributed by atoms with van der Waals surface area (Å²) in [6.45, 7) is 0. The average molecular weight is 675 g/mol. The van der Waals surface area contributed by atoms with Crippen LogP contribution < -0.4 is 4.90 Å². The topological polar surface area (TPSA) is 41.9 Å². The van der Waals surface area contributed by atoms with E-state index in [0.717, 1.165) is 66.2 Å². The molecule has 0 saturated carbocycles. The van der Waals surface area contributed by atoms with E-state index in [1.54, 1.807) is 0 Å². The van der Waals surface area contributed by atoms with Gasteiger partial charge in [-0.2, -0.15) is 0 Å². The molecule has 0 bridgehead atoms. The van der Waals surface area contributed by atoms with Gasteiger partial charge in [0.15, 0.2) is 5.82 Å². The molecule has 0 atom stereocenters. The van der Waals surface area contributed by atoms with Crippen LogP contribution in [0.1, 0.15) is 0 Å². The molecule has 8 aromatic carbocycles. The van der Waals surface area contributed by atoms with Crippen LogP contribution in [-0.2, 0) is 0 Å². The molecule has 0 radical (unpaired) electrons. The Morgan fingerprint density at radius 1 is 0.377 bits per heavy atom. The molecule has 4 nitrogen and oxygen atoms in total. The molecule has 0 aliphatic carbocycles. The van der Waals surface area contributed by atoms with Crippen LogP contribution in [0.15, 0.2) is 182 Å². The first-order chi connectivity index (χ1) is 26.3. The monoisotopic (exact) mass is 674 g/mol. The summed E-state index contributed by atoms with van der Waals surface area (Å²) in [7, 11) is 0. The van der Waals surface area contributed by atoms with Crippen molar-refractivity contribution in [3.63, 3.8) is 0 Å². The van der Waals surface area contributed by atoms with E-state index >= 15 is 0 Å². The van der Waals surface area contributed by atoms with Crippen LogP contribution in [0.4, 0.5) is 17.1 Å². The summed E-state index contributed by atoms with van der Waals surface area (Å²) in [6.07, 6.45) is 1.86. The van der Waals surface area contributed by atoms with E-state index in [0.29, 0.717) is 5.82 Å². The summed E-state index contributed by atoms with van der Waals surface area (Å²) in [4.78, 5) is 17.7. The molecule has 0 unspecified atom stereocenters. The Hall–Kier alpha value is -7.17. The summed E-state index contributed by atoms with van der Waals surface area (Å²) < 4.78 is 0. The van der Waals surface area contributed by atoms with Crippen LogP contribution in [-0.4, -0.2) is 15.0 Å². The summed E-state index contributed by atoms with van der Waals surface area (Å²) in [5, 5.41) is 6.90. The average Bonchev–Trinajstić information content (AvgIpc) is 3.23. The van der Waals surface area contributed by atoms with Crippen molar-refractivity contribution < 1.29 is 0 Å². The third-order valence-corrected chi connectivity index (χ3v) is 10.6. The Bertz CT molecular complexity index is 3060. The molecule has 0 N–H and O–H groups in total. The molecule has 246 valence electrons. The first-order valence-electron chi connectivity index (χ1n) is 17.9. The van der Waals surface area contributed by atoms with Crippen LogP contribution in [0.2, 0.25) is 0 Å². The maximum atomic E-state index is 5.35. The highest BCUT2D eigenvalue weighted by Gasteiger charge is 2.27. The van der Waals surface area contributed by atoms with Crippen molar-refractivity contribution in [1.82, 2.24) is 15.0 Å². The van der Waals surface area contributed by atoms with E-state index in [1.807, 2.05) is 18.3 Å². The Kier molecular flexibility index (Phi) is 6.52. The number of rotatable bonds is 4. The van der Waals surface area contributed by atoms with Crippen molar-refractivity contribution in [2.75, 3.05) is 4.90 Å². The Labute approximate surface area is 306 Å². The van der Waals surface area contributed by atoms with E-state index in [1.165, 1.54) is 33.3 Å². The summed E-state index contributed by atoms with van der Waals surface area (Å²) >= 11 is 0. The summed E-state index contributed by atoms with van der Waals surface area (Å²) in [5.41, 5.74) is 13.1. The zero-order valence-electron chi connectivity index (χ0n) is 28.6. The second-order valence-electron chi connectivity index (χ2n) is 13.6. The number of pyridine rings is 1. The van der Waals surface area contributed by atoms with E-state index < -0.39 is 0 Å². The SMILES string of the molecule is c1ccc2c(c1)-c1cccc3cccc(c13)N2c1ccc(-c2nc(-c3ccc(-c4cccc5cccnc45)cc3)c3ccccc3n2)c2ccccc12. The largest absolute Gasteiger partial charge is 0.309 e. The lowest BCUT2D eigenvalue weighted by Gasteiger charge is -2.34. The van der Waals surface area contributed by atoms with Gasteiger partial charge in [-0.1, -0.05) is 140 Å². The highest BCUT2D eigenvalue weighted by Crippen LogP contribution is 2.52. The zero-order chi connectivity index (χ0) is 34.9. The van der Waals surface area contributed by atoms with Crippen LogP contribution in [0.25, 0.3) is 88.2 Å². The van der Waals surface area contributed by atoms with E-state index in [4.69, 9.17) is 15.0 Å². The van der Waals surface area contributed by atoms with Gasteiger partial charge >= 0.3 is 0 Å². The molecule has 4 heteroatoms. The van der Waals surface area contributed by atoms with Crippen molar-refractivity contribution in [1.29, 1.82) is 0 Å². The van der Waals surface area contributed by atoms with Gasteiger partial charge in [-0.25, -0.2) is 9.97 Å². The quantitative estimate of drug-likeness (QED) is 0.186. The van der Waals surface area contributed by atoms with Gasteiger partial charge in [-0.05, 0) is 58.3 Å². The molecule has 3 heterocycles. The number of hydrogen-bond acceptors (Lipinski definition) is 4. The predicted octanol–water partition coefficient (Wildman–Crippen LogP) is 12.9. The van der Waals surface area contributed by atoms with Crippen LogP contribution in [0, 0.1) is 0 Å². The maximum Gasteiger partial charge on any atom is 0.161 e. The molecule has 0 saturated heterocycles. The molecule has 1 aliphatic heterocycles. The Balaban J connectivity index is 1.08. The van der Waals surface area contributed by atoms with E-state index in [9.17, 15) is 0 Å². The fourth-order valence-corrected chi connectivity index (χ4v) is 8.25. The number of benzene rings is 8. The number of anilines is 3. The second-order valence-corrected chi connectivity index (χ2v) is 13.6. The lowest BCUT2D eigenvalue weighted by atomic mass is 9.90. The minimum atomic E-state index is 0.704. The van der Waals surface area contributed by atoms with E-state index in [-0.39, 0.29) is 0 Å². The number of hydrogen-bond donors (Lipinski definition) is 0. The first-order valence-corrected chi connectivity index (χ1v) is 17.9. The summed E-state index contributed by atoms with van der Waals surface area (Å²) in [5.74, 6) is 0.704. The molecule has 0 fully saturated rings. The van der Waals surface area contributed by atoms with Gasteiger partial charge in [-0.15, -0.1) is 0 Å². The van der Waals surface area contributed by atoms with Gasteiger partial charge in [0.2, 0.25) is 0 Å². The van der Waals surface area contributed by atoms with E-state index in [2.05, 4.69) is 169 Å². The molecular weight excluding hydrogens is 645 g/mol. The first kappa shape index (κ1) is 29.5. The number of nitrogens with zero attached hydrogens (tertiary/aromatic N) is 4. The van der Waals surface area contributed by atoms with Crippen LogP contribution >= 0.6 is 0 Å². The summed E-state index contributed by atoms with van der Waals surface area (Å²) in [6, 6.07) is 62.5. The zero-order valence-corrected chi connectivity index (χ0v) is 28.6. The minimum absolute atomic E-state index is 0.704. The molecule has 1 aliphatic rings. The molecule has 0 spiro atoms. The van der Waals surface area contributed by atoms with Crippen molar-refractivity contribution in [2.24, 2.45) is 0 Å². The number of para-hydroxylation sites is 3. The number of aromatic nitrogens is 3. The second kappa shape index (κ2) is 11.7. The fourth-order valence-electron chi connectivity index (χ4n) is 8.25. The highest BCUT2D eigenvalue weighted by molar-refractivity contribution is 6.16. The third-order valence-electron chi connectivity index (χ3n) is 10.6. The normalized spacial score (nSPS) is 12.1. The molecule has 53 heavy (non-hydrogen) atoms. The standard InChI is InChI=1S/C49H30N4/c1-2-16-37-36(15-1)40(28-29-44(37)53-43-22-6-4-17-38(43)39-20-7-11-32-12-9-23-45(53)46(32)39)49-51-42-21-5-3-18-41(42)48(52-49)34-26-24-31(25-27-34)35-19-8-13-33-14-10-30-50-47(33)35/h1-30H. The highest BCUT2D eigenvalue weighted by atomic mass is 15.2. The molecule has 2 aromatic heterocycles. The lowest BCUT2D eigenvalue weighted by molar-refractivity contribution is 1.23. The Morgan fingerprint density at radius 3 is 1.92 bits per heavy atom. The molecular formula is C49H30N4. The van der Waals surface area contributed by atoms with Gasteiger partial charge in [0, 0.05) is 50.0 Å². The van der Waals surface area contributed by atoms with Gasteiger partial charge in [0.05, 0.1) is 33.8 Å². The maximum absolute atomic E-state index is 5.35. The van der Waals surface area contributed by atoms with Crippen molar-refractivity contribution in [3.8, 4) is 44.9 Å². The molecule has 10 aromatic rings. The predicted molar refractivity (Wildman–Crippen MR) is 220 cm³/mol. The van der Waals surface area contributed by atoms with Crippen molar-refractivity contribution in [2.45, 2.75) is 0 Å². The Morgan fingerprint density at radius 2 is 1.04 bits per heavy atom.